The molecule has 0 heterocycles. The molecule has 0 spiro atoms. The Kier molecular flexibility index (Phi) is 5.99. The molecule has 0 unspecified atom stereocenters. The van der Waals surface area contributed by atoms with Crippen LogP contribution in [0.4, 0.5) is 0 Å². The average Bonchev–Trinajstić information content (AvgIpc) is 2.42. The van der Waals surface area contributed by atoms with Crippen molar-refractivity contribution in [1.29, 1.82) is 0 Å². The molecule has 1 aromatic rings. The van der Waals surface area contributed by atoms with Crippen LogP contribution in [0.3, 0.4) is 0 Å². The minimum Gasteiger partial charge on any atom is -0.497 e. The normalized spacial score (nSPS) is 13.6. The molecule has 1 rings (SSSR count). The highest BCUT2D eigenvalue weighted by molar-refractivity contribution is 5.56. The van der Waals surface area contributed by atoms with E-state index in [1.807, 2.05) is 13.0 Å². The van der Waals surface area contributed by atoms with Gasteiger partial charge in [0, 0.05) is 10.8 Å². The topological polar surface area (TPSA) is 69.4 Å². The van der Waals surface area contributed by atoms with Crippen LogP contribution in [-0.4, -0.2) is 24.9 Å². The molecule has 0 amide bonds. The number of carbonyl (C=O) groups is 1. The van der Waals surface area contributed by atoms with E-state index in [0.29, 0.717) is 12.2 Å². The largest absolute Gasteiger partial charge is 0.497 e. The molecule has 0 aliphatic heterocycles. The van der Waals surface area contributed by atoms with Gasteiger partial charge >= 0.3 is 0 Å². The predicted molar refractivity (Wildman–Crippen MR) is 72.1 cm³/mol. The van der Waals surface area contributed by atoms with Crippen LogP contribution < -0.4 is 4.74 Å². The van der Waals surface area contributed by atoms with E-state index in [1.165, 1.54) is 0 Å². The van der Waals surface area contributed by atoms with Crippen molar-refractivity contribution in [3.8, 4) is 5.75 Å². The Hall–Kier alpha value is -1.91. The van der Waals surface area contributed by atoms with E-state index in [2.05, 4.69) is 0 Å². The van der Waals surface area contributed by atoms with Crippen molar-refractivity contribution in [1.82, 2.24) is 0 Å². The van der Waals surface area contributed by atoms with Crippen LogP contribution in [0.2, 0.25) is 0 Å². The number of benzene rings is 1. The summed E-state index contributed by atoms with van der Waals surface area (Å²) in [7, 11) is 1.55. The number of methoxy groups -OCH3 is 1. The molecule has 104 valence electrons. The summed E-state index contributed by atoms with van der Waals surface area (Å²) >= 11 is 0. The molecule has 19 heavy (non-hydrogen) atoms. The Balaban J connectivity index is 3.06. The van der Waals surface area contributed by atoms with Gasteiger partial charge in [-0.1, -0.05) is 25.5 Å². The van der Waals surface area contributed by atoms with Gasteiger partial charge in [0.1, 0.15) is 12.0 Å². The molecule has 0 radical (unpaired) electrons. The Morgan fingerprint density at radius 2 is 2.21 bits per heavy atom. The third-order valence-corrected chi connectivity index (χ3v) is 3.18. The molecule has 0 saturated heterocycles. The van der Waals surface area contributed by atoms with Crippen LogP contribution in [0.5, 0.6) is 5.75 Å². The van der Waals surface area contributed by atoms with Gasteiger partial charge in [-0.25, -0.2) is 0 Å². The minimum atomic E-state index is -0.400. The highest BCUT2D eigenvalue weighted by atomic mass is 16.6. The standard InChI is InChI=1S/C14H19NO4/c1-3-5-12(10-16)14(9-15(17)18)11-6-4-7-13(8-11)19-2/h4,6-8,10,12,14H,3,5,9H2,1-2H3/t12-,14-/m0/s1. The second kappa shape index (κ2) is 7.51. The van der Waals surface area contributed by atoms with Crippen molar-refractivity contribution < 1.29 is 14.5 Å². The van der Waals surface area contributed by atoms with Gasteiger partial charge in [-0.15, -0.1) is 0 Å². The zero-order chi connectivity index (χ0) is 14.3. The second-order valence-electron chi connectivity index (χ2n) is 4.49. The van der Waals surface area contributed by atoms with Crippen LogP contribution >= 0.6 is 0 Å². The smallest absolute Gasteiger partial charge is 0.211 e. The summed E-state index contributed by atoms with van der Waals surface area (Å²) in [6, 6.07) is 7.14. The molecule has 5 nitrogen and oxygen atoms in total. The fourth-order valence-electron chi connectivity index (χ4n) is 2.22. The first kappa shape index (κ1) is 15.1. The number of hydrogen-bond acceptors (Lipinski definition) is 4. The van der Waals surface area contributed by atoms with E-state index in [0.717, 1.165) is 18.3 Å². The fourth-order valence-corrected chi connectivity index (χ4v) is 2.22. The molecule has 0 aliphatic rings. The van der Waals surface area contributed by atoms with E-state index in [1.54, 1.807) is 25.3 Å². The zero-order valence-electron chi connectivity index (χ0n) is 11.2. The first-order chi connectivity index (χ1) is 9.12. The summed E-state index contributed by atoms with van der Waals surface area (Å²) in [4.78, 5) is 21.6. The summed E-state index contributed by atoms with van der Waals surface area (Å²) < 4.78 is 5.13. The molecular weight excluding hydrogens is 246 g/mol. The van der Waals surface area contributed by atoms with Gasteiger partial charge < -0.3 is 9.53 Å². The molecule has 1 aromatic carbocycles. The summed E-state index contributed by atoms with van der Waals surface area (Å²) in [6.45, 7) is 1.72. The maximum absolute atomic E-state index is 11.2. The second-order valence-corrected chi connectivity index (χ2v) is 4.49. The van der Waals surface area contributed by atoms with Gasteiger partial charge in [-0.05, 0) is 24.1 Å². The van der Waals surface area contributed by atoms with Crippen molar-refractivity contribution in [3.63, 3.8) is 0 Å². The van der Waals surface area contributed by atoms with E-state index < -0.39 is 5.92 Å². The maximum atomic E-state index is 11.2. The first-order valence-electron chi connectivity index (χ1n) is 6.33. The SMILES string of the molecule is CCC[C@@H](C=O)[C@@H](C[N+](=O)[O-])c1cccc(OC)c1. The lowest BCUT2D eigenvalue weighted by Gasteiger charge is -2.20. The average molecular weight is 265 g/mol. The van der Waals surface area contributed by atoms with Gasteiger partial charge in [0.05, 0.1) is 13.0 Å². The van der Waals surface area contributed by atoms with Crippen molar-refractivity contribution in [2.75, 3.05) is 13.7 Å². The van der Waals surface area contributed by atoms with Gasteiger partial charge in [0.15, 0.2) is 0 Å². The Morgan fingerprint density at radius 3 is 2.74 bits per heavy atom. The highest BCUT2D eigenvalue weighted by Gasteiger charge is 2.27. The number of nitrogens with zero attached hydrogens (tertiary/aromatic N) is 1. The van der Waals surface area contributed by atoms with E-state index in [4.69, 9.17) is 4.74 Å². The number of hydrogen-bond donors (Lipinski definition) is 0. The fraction of sp³-hybridized carbons (Fsp3) is 0.500. The summed E-state index contributed by atoms with van der Waals surface area (Å²) in [5.74, 6) is -0.0861. The van der Waals surface area contributed by atoms with Crippen molar-refractivity contribution in [2.24, 2.45) is 5.92 Å². The molecule has 0 aliphatic carbocycles. The van der Waals surface area contributed by atoms with E-state index >= 15 is 0 Å². The van der Waals surface area contributed by atoms with Crippen molar-refractivity contribution >= 4 is 6.29 Å². The lowest BCUT2D eigenvalue weighted by atomic mass is 9.84. The van der Waals surface area contributed by atoms with Crippen LogP contribution in [0.1, 0.15) is 31.2 Å². The highest BCUT2D eigenvalue weighted by Crippen LogP contribution is 2.29. The van der Waals surface area contributed by atoms with Crippen molar-refractivity contribution in [2.45, 2.75) is 25.7 Å². The summed E-state index contributed by atoms with van der Waals surface area (Å²) in [5.41, 5.74) is 0.779. The van der Waals surface area contributed by atoms with Crippen LogP contribution in [0.25, 0.3) is 0 Å². The number of carbonyl (C=O) groups excluding carboxylic acids is 1. The van der Waals surface area contributed by atoms with Crippen LogP contribution in [0, 0.1) is 16.0 Å². The lowest BCUT2D eigenvalue weighted by Crippen LogP contribution is -2.22. The third-order valence-electron chi connectivity index (χ3n) is 3.18. The molecule has 0 saturated carbocycles. The van der Waals surface area contributed by atoms with Gasteiger partial charge in [-0.2, -0.15) is 0 Å². The minimum absolute atomic E-state index is 0.240. The van der Waals surface area contributed by atoms with E-state index in [-0.39, 0.29) is 17.4 Å². The molecule has 0 bridgehead atoms. The van der Waals surface area contributed by atoms with Gasteiger partial charge in [0.2, 0.25) is 6.54 Å². The maximum Gasteiger partial charge on any atom is 0.211 e. The third kappa shape index (κ3) is 4.35. The number of ether oxygens (including phenoxy) is 1. The molecule has 5 heteroatoms. The summed E-state index contributed by atoms with van der Waals surface area (Å²) in [6.07, 6.45) is 2.30. The van der Waals surface area contributed by atoms with Gasteiger partial charge in [-0.3, -0.25) is 10.1 Å². The quantitative estimate of drug-likeness (QED) is 0.411. The Morgan fingerprint density at radius 1 is 1.47 bits per heavy atom. The molecule has 0 N–H and O–H groups in total. The Labute approximate surface area is 112 Å². The molecule has 0 aromatic heterocycles. The van der Waals surface area contributed by atoms with Crippen LogP contribution in [0.15, 0.2) is 24.3 Å². The van der Waals surface area contributed by atoms with E-state index in [9.17, 15) is 14.9 Å². The molecular formula is C14H19NO4. The molecule has 0 fully saturated rings. The van der Waals surface area contributed by atoms with Crippen LogP contribution in [-0.2, 0) is 4.79 Å². The monoisotopic (exact) mass is 265 g/mol. The number of rotatable bonds is 8. The first-order valence-corrected chi connectivity index (χ1v) is 6.33. The molecule has 2 atom stereocenters. The zero-order valence-corrected chi connectivity index (χ0v) is 11.2. The summed E-state index contributed by atoms with van der Waals surface area (Å²) in [5, 5.41) is 10.8. The number of aldehydes is 1. The Bertz CT molecular complexity index is 433. The predicted octanol–water partition coefficient (Wildman–Crippen LogP) is 2.67. The van der Waals surface area contributed by atoms with Gasteiger partial charge in [0.25, 0.3) is 0 Å². The van der Waals surface area contributed by atoms with Crippen molar-refractivity contribution in [3.05, 3.63) is 39.9 Å². The number of nitro groups is 1. The lowest BCUT2D eigenvalue weighted by molar-refractivity contribution is -0.484.